The molecular weight excluding hydrogens is 300 g/mol. The van der Waals surface area contributed by atoms with Crippen molar-refractivity contribution < 1.29 is 17.2 Å². The largest absolute Gasteiger partial charge is 0.399 e. The highest BCUT2D eigenvalue weighted by molar-refractivity contribution is 7.93. The van der Waals surface area contributed by atoms with Gasteiger partial charge in [-0.2, -0.15) is 0 Å². The Kier molecular flexibility index (Phi) is 3.28. The van der Waals surface area contributed by atoms with E-state index in [2.05, 4.69) is 4.99 Å². The van der Waals surface area contributed by atoms with Crippen molar-refractivity contribution in [2.45, 2.75) is 31.1 Å². The first-order valence-electron chi connectivity index (χ1n) is 6.24. The predicted molar refractivity (Wildman–Crippen MR) is 77.6 cm³/mol. The molecule has 0 bridgehead atoms. The molecule has 0 aliphatic carbocycles. The lowest BCUT2D eigenvalue weighted by Crippen LogP contribution is -2.55. The summed E-state index contributed by atoms with van der Waals surface area (Å²) < 4.78 is 51.0. The first-order valence-corrected chi connectivity index (χ1v) is 7.89. The SMILES string of the molecule is CC1(c2cc(N)cc(F)c2F)CS(=O)(=O)C(C)(C)C(N)=N1. The number of nitrogens with zero attached hydrogens (tertiary/aromatic N) is 1. The standard InChI is InChI=1S/C13H17F2N3O2S/c1-12(2)11(17)18-13(3,6-21(12,19)20)8-4-7(16)5-9(14)10(8)15/h4-5H,6,16H2,1-3H3,(H2,17,18). The van der Waals surface area contributed by atoms with Crippen molar-refractivity contribution in [1.29, 1.82) is 0 Å². The van der Waals surface area contributed by atoms with Crippen molar-refractivity contribution in [3.05, 3.63) is 29.3 Å². The van der Waals surface area contributed by atoms with Crippen LogP contribution in [0.15, 0.2) is 17.1 Å². The van der Waals surface area contributed by atoms with Crippen LogP contribution in [-0.4, -0.2) is 24.8 Å². The molecule has 5 nitrogen and oxygen atoms in total. The van der Waals surface area contributed by atoms with Crippen molar-refractivity contribution in [3.8, 4) is 0 Å². The van der Waals surface area contributed by atoms with Gasteiger partial charge in [-0.1, -0.05) is 0 Å². The Labute approximate surface area is 122 Å². The molecule has 1 heterocycles. The van der Waals surface area contributed by atoms with Crippen molar-refractivity contribution in [3.63, 3.8) is 0 Å². The van der Waals surface area contributed by atoms with Crippen molar-refractivity contribution in [1.82, 2.24) is 0 Å². The maximum absolute atomic E-state index is 14.0. The molecule has 1 aliphatic rings. The van der Waals surface area contributed by atoms with Gasteiger partial charge in [0.25, 0.3) is 0 Å². The lowest BCUT2D eigenvalue weighted by Gasteiger charge is -2.38. The van der Waals surface area contributed by atoms with Crippen LogP contribution in [0.2, 0.25) is 0 Å². The Morgan fingerprint density at radius 1 is 1.19 bits per heavy atom. The third kappa shape index (κ3) is 2.27. The van der Waals surface area contributed by atoms with E-state index in [1.54, 1.807) is 0 Å². The molecule has 8 heteroatoms. The molecule has 116 valence electrons. The summed E-state index contributed by atoms with van der Waals surface area (Å²) >= 11 is 0. The van der Waals surface area contributed by atoms with Crippen molar-refractivity contribution in [2.75, 3.05) is 11.5 Å². The first kappa shape index (κ1) is 15.7. The van der Waals surface area contributed by atoms with Gasteiger partial charge in [-0.15, -0.1) is 0 Å². The number of hydrogen-bond acceptors (Lipinski definition) is 5. The summed E-state index contributed by atoms with van der Waals surface area (Å²) in [5.41, 5.74) is 9.52. The first-order chi connectivity index (χ1) is 9.41. The molecule has 4 N–H and O–H groups in total. The second-order valence-electron chi connectivity index (χ2n) is 5.90. The zero-order valence-electron chi connectivity index (χ0n) is 11.9. The van der Waals surface area contributed by atoms with E-state index in [-0.39, 0.29) is 17.1 Å². The van der Waals surface area contributed by atoms with Gasteiger partial charge in [0.15, 0.2) is 21.5 Å². The minimum atomic E-state index is -3.69. The molecule has 0 spiro atoms. The van der Waals surface area contributed by atoms with E-state index in [1.165, 1.54) is 26.8 Å². The van der Waals surface area contributed by atoms with Crippen LogP contribution in [0, 0.1) is 11.6 Å². The molecule has 1 unspecified atom stereocenters. The maximum atomic E-state index is 14.0. The fourth-order valence-corrected chi connectivity index (χ4v) is 3.97. The fourth-order valence-electron chi connectivity index (χ4n) is 2.28. The van der Waals surface area contributed by atoms with Gasteiger partial charge in [0, 0.05) is 11.3 Å². The lowest BCUT2D eigenvalue weighted by atomic mass is 9.92. The minimum Gasteiger partial charge on any atom is -0.399 e. The van der Waals surface area contributed by atoms with Gasteiger partial charge in [0.05, 0.1) is 5.75 Å². The van der Waals surface area contributed by atoms with Crippen LogP contribution in [-0.2, 0) is 15.4 Å². The van der Waals surface area contributed by atoms with E-state index >= 15 is 0 Å². The van der Waals surface area contributed by atoms with E-state index < -0.39 is 37.5 Å². The van der Waals surface area contributed by atoms with E-state index in [9.17, 15) is 17.2 Å². The second-order valence-corrected chi connectivity index (χ2v) is 8.44. The lowest BCUT2D eigenvalue weighted by molar-refractivity contribution is 0.446. The summed E-state index contributed by atoms with van der Waals surface area (Å²) in [6.45, 7) is 4.25. The summed E-state index contributed by atoms with van der Waals surface area (Å²) in [5.74, 6) is -2.94. The van der Waals surface area contributed by atoms with E-state index in [4.69, 9.17) is 11.5 Å². The Balaban J connectivity index is 2.73. The second kappa shape index (κ2) is 4.40. The number of sulfone groups is 1. The maximum Gasteiger partial charge on any atom is 0.165 e. The Hall–Kier alpha value is -1.70. The predicted octanol–water partition coefficient (Wildman–Crippen LogP) is 1.33. The molecule has 0 aromatic heterocycles. The van der Waals surface area contributed by atoms with E-state index in [1.807, 2.05) is 0 Å². The number of hydrogen-bond donors (Lipinski definition) is 2. The van der Waals surface area contributed by atoms with Crippen LogP contribution in [0.1, 0.15) is 26.3 Å². The number of nitrogen functional groups attached to an aromatic ring is 1. The number of benzene rings is 1. The van der Waals surface area contributed by atoms with Gasteiger partial charge in [0.1, 0.15) is 16.1 Å². The van der Waals surface area contributed by atoms with Crippen LogP contribution in [0.5, 0.6) is 0 Å². The average molecular weight is 317 g/mol. The number of nitrogens with two attached hydrogens (primary N) is 2. The average Bonchev–Trinajstić information content (AvgIpc) is 2.30. The molecular formula is C13H17F2N3O2S. The molecule has 1 aromatic carbocycles. The number of amidine groups is 1. The van der Waals surface area contributed by atoms with Gasteiger partial charge >= 0.3 is 0 Å². The highest BCUT2D eigenvalue weighted by Crippen LogP contribution is 2.38. The highest BCUT2D eigenvalue weighted by atomic mass is 32.2. The smallest absolute Gasteiger partial charge is 0.165 e. The molecule has 0 saturated heterocycles. The fraction of sp³-hybridized carbons (Fsp3) is 0.462. The van der Waals surface area contributed by atoms with Crippen LogP contribution in [0.25, 0.3) is 0 Å². The minimum absolute atomic E-state index is 0.0128. The van der Waals surface area contributed by atoms with Gasteiger partial charge in [-0.05, 0) is 32.9 Å². The van der Waals surface area contributed by atoms with Gasteiger partial charge in [-0.3, -0.25) is 4.99 Å². The molecule has 1 aromatic rings. The van der Waals surface area contributed by atoms with Crippen LogP contribution < -0.4 is 11.5 Å². The quantitative estimate of drug-likeness (QED) is 0.763. The Bertz CT molecular complexity index is 744. The van der Waals surface area contributed by atoms with Gasteiger partial charge < -0.3 is 11.5 Å². The van der Waals surface area contributed by atoms with Gasteiger partial charge in [-0.25, -0.2) is 17.2 Å². The zero-order chi connectivity index (χ0) is 16.2. The molecule has 1 atom stereocenters. The highest BCUT2D eigenvalue weighted by Gasteiger charge is 2.49. The number of aliphatic imine (C=N–C) groups is 1. The molecule has 2 rings (SSSR count). The molecule has 0 amide bonds. The summed E-state index contributed by atoms with van der Waals surface area (Å²) in [7, 11) is -3.69. The number of rotatable bonds is 1. The topological polar surface area (TPSA) is 98.5 Å². The number of halogens is 2. The van der Waals surface area contributed by atoms with Crippen LogP contribution in [0.4, 0.5) is 14.5 Å². The molecule has 1 aliphatic heterocycles. The summed E-state index contributed by atoms with van der Waals surface area (Å²) in [4.78, 5) is 4.13. The third-order valence-electron chi connectivity index (χ3n) is 3.86. The van der Waals surface area contributed by atoms with Crippen LogP contribution in [0.3, 0.4) is 0 Å². The van der Waals surface area contributed by atoms with Crippen molar-refractivity contribution >= 4 is 21.4 Å². The van der Waals surface area contributed by atoms with E-state index in [0.29, 0.717) is 0 Å². The van der Waals surface area contributed by atoms with Gasteiger partial charge in [0.2, 0.25) is 0 Å². The summed E-state index contributed by atoms with van der Waals surface area (Å²) in [6.07, 6.45) is 0. The summed E-state index contributed by atoms with van der Waals surface area (Å²) in [5, 5.41) is 0. The normalized spacial score (nSPS) is 27.2. The van der Waals surface area contributed by atoms with Crippen LogP contribution >= 0.6 is 0 Å². The zero-order valence-corrected chi connectivity index (χ0v) is 12.8. The van der Waals surface area contributed by atoms with E-state index in [0.717, 1.165) is 6.07 Å². The molecule has 0 fully saturated rings. The Morgan fingerprint density at radius 2 is 1.76 bits per heavy atom. The van der Waals surface area contributed by atoms with Crippen molar-refractivity contribution in [2.24, 2.45) is 10.7 Å². The number of anilines is 1. The third-order valence-corrected chi connectivity index (χ3v) is 6.57. The summed E-state index contributed by atoms with van der Waals surface area (Å²) in [6, 6.07) is 2.01. The monoisotopic (exact) mass is 317 g/mol. The molecule has 0 radical (unpaired) electrons. The molecule has 21 heavy (non-hydrogen) atoms. The molecule has 0 saturated carbocycles. The Morgan fingerprint density at radius 3 is 2.29 bits per heavy atom.